The van der Waals surface area contributed by atoms with Crippen molar-refractivity contribution in [1.82, 2.24) is 40.4 Å². The molecular formula is C42H72N9O25P3S. The Kier molecular flexibility index (Phi) is 29.3. The monoisotopic (exact) mass is 1230 g/mol. The second kappa shape index (κ2) is 34.1. The van der Waals surface area contributed by atoms with Crippen LogP contribution < -0.4 is 21.7 Å². The predicted molar refractivity (Wildman–Crippen MR) is 275 cm³/mol. The number of nitrogen functional groups attached to an aromatic ring is 1. The molecule has 2 saturated heterocycles. The number of nitrogens with two attached hydrogens (primary N) is 1. The van der Waals surface area contributed by atoms with Crippen LogP contribution >= 0.6 is 35.2 Å². The standard InChI is InChI=1S/C42H72N9O25P3S/c1-4-66-12-13-68-16-17-70-20-21-71-19-18-69-15-14-67-11-6-31(53)44-8-10-50-32(54)23-29(40(50)58)80-22-9-45-30(52)5-7-46-39(57)36(56)42(2,3)25-73-79(64,65)76-78(62,63)72-24-28-35(75-77(59,60)61)34(55)41(74-28)51-27-49-33-37(43)47-26-48-38(33)51/h26-29,34-36,41,55-56H,4-25H2,1-3H3,(H,44,53)(H,45,52)(H,46,57)(H,62,63)(H,64,65)(H2,43,47,48)(H2,59,60,61)/t28-,29?,34+,35?,36+,41-/m1/s1. The van der Waals surface area contributed by atoms with Gasteiger partial charge in [-0.15, -0.1) is 11.8 Å². The summed E-state index contributed by atoms with van der Waals surface area (Å²) in [5.74, 6) is -2.50. The molecule has 2 fully saturated rings. The van der Waals surface area contributed by atoms with Gasteiger partial charge < -0.3 is 84.6 Å². The maximum absolute atomic E-state index is 12.9. The van der Waals surface area contributed by atoms with Gasteiger partial charge in [-0.05, 0) is 6.92 Å². The smallest absolute Gasteiger partial charge is 0.386 e. The number of carbonyl (C=O) groups excluding carboxylic acids is 5. The molecule has 0 bridgehead atoms. The number of imide groups is 1. The summed E-state index contributed by atoms with van der Waals surface area (Å²) < 4.78 is 94.7. The molecule has 38 heteroatoms. The van der Waals surface area contributed by atoms with Crippen LogP contribution in [0.15, 0.2) is 12.7 Å². The first-order valence-electron chi connectivity index (χ1n) is 24.9. The van der Waals surface area contributed by atoms with Crippen molar-refractivity contribution in [3.8, 4) is 0 Å². The number of phosphoric ester groups is 3. The number of nitrogens with one attached hydrogen (secondary N) is 3. The van der Waals surface area contributed by atoms with Gasteiger partial charge in [-0.3, -0.25) is 47.0 Å². The van der Waals surface area contributed by atoms with E-state index >= 15 is 0 Å². The van der Waals surface area contributed by atoms with Crippen molar-refractivity contribution in [3.63, 3.8) is 0 Å². The summed E-state index contributed by atoms with van der Waals surface area (Å²) in [6.07, 6.45) is -7.19. The maximum atomic E-state index is 12.9. The summed E-state index contributed by atoms with van der Waals surface area (Å²) in [6, 6.07) is 0. The van der Waals surface area contributed by atoms with Crippen molar-refractivity contribution in [1.29, 1.82) is 0 Å². The number of anilines is 1. The molecule has 456 valence electrons. The van der Waals surface area contributed by atoms with E-state index in [0.717, 1.165) is 33.9 Å². The normalized spacial score (nSPS) is 20.7. The minimum Gasteiger partial charge on any atom is -0.386 e. The van der Waals surface area contributed by atoms with Gasteiger partial charge in [0.05, 0.1) is 97.5 Å². The average Bonchev–Trinajstić information content (AvgIpc) is 4.12. The van der Waals surface area contributed by atoms with Crippen molar-refractivity contribution < 1.29 is 118 Å². The Bertz CT molecular complexity index is 2450. The number of rotatable bonds is 42. The largest absolute Gasteiger partial charge is 0.481 e. The highest BCUT2D eigenvalue weighted by Crippen LogP contribution is 2.61. The average molecular weight is 1230 g/mol. The van der Waals surface area contributed by atoms with E-state index in [2.05, 4.69) is 39.7 Å². The lowest BCUT2D eigenvalue weighted by Crippen LogP contribution is -2.46. The van der Waals surface area contributed by atoms with Crippen LogP contribution in [0.4, 0.5) is 5.82 Å². The summed E-state index contributed by atoms with van der Waals surface area (Å²) in [5, 5.41) is 28.5. The van der Waals surface area contributed by atoms with E-state index < -0.39 is 102 Å². The Labute approximate surface area is 463 Å². The number of nitrogens with zero attached hydrogens (tertiary/aromatic N) is 5. The van der Waals surface area contributed by atoms with Crippen LogP contribution in [0.3, 0.4) is 0 Å². The van der Waals surface area contributed by atoms with E-state index in [1.54, 1.807) is 0 Å². The van der Waals surface area contributed by atoms with E-state index in [9.17, 15) is 67.5 Å². The van der Waals surface area contributed by atoms with Gasteiger partial charge in [0.25, 0.3) is 0 Å². The van der Waals surface area contributed by atoms with E-state index in [-0.39, 0.29) is 87.3 Å². The third-order valence-corrected chi connectivity index (χ3v) is 15.5. The first kappa shape index (κ1) is 68.8. The number of hydrogen-bond donors (Lipinski definition) is 10. The molecule has 0 radical (unpaired) electrons. The number of aliphatic hydroxyl groups excluding tert-OH is 2. The van der Waals surface area contributed by atoms with Crippen molar-refractivity contribution in [2.45, 2.75) is 75.9 Å². The quantitative estimate of drug-likeness (QED) is 0.0193. The van der Waals surface area contributed by atoms with E-state index in [0.29, 0.717) is 66.1 Å². The molecule has 2 aliphatic rings. The number of hydrogen-bond acceptors (Lipinski definition) is 26. The fourth-order valence-electron chi connectivity index (χ4n) is 7.15. The van der Waals surface area contributed by atoms with Crippen LogP contribution in [0.2, 0.25) is 0 Å². The highest BCUT2D eigenvalue weighted by atomic mass is 32.2. The third kappa shape index (κ3) is 24.2. The first-order chi connectivity index (χ1) is 37.8. The van der Waals surface area contributed by atoms with Gasteiger partial charge in [-0.1, -0.05) is 13.8 Å². The Morgan fingerprint density at radius 3 is 2.00 bits per heavy atom. The number of aliphatic hydroxyl groups is 2. The minimum absolute atomic E-state index is 0.0134. The lowest BCUT2D eigenvalue weighted by molar-refractivity contribution is -0.139. The molecule has 2 aromatic heterocycles. The second-order valence-corrected chi connectivity index (χ2v) is 23.4. The Balaban J connectivity index is 1.03. The summed E-state index contributed by atoms with van der Waals surface area (Å²) in [4.78, 5) is 115. The van der Waals surface area contributed by atoms with Gasteiger partial charge in [0.2, 0.25) is 29.5 Å². The lowest BCUT2D eigenvalue weighted by atomic mass is 9.87. The molecule has 5 amide bonds. The molecule has 4 unspecified atom stereocenters. The second-order valence-electron chi connectivity index (χ2n) is 17.9. The summed E-state index contributed by atoms with van der Waals surface area (Å²) >= 11 is 1.16. The van der Waals surface area contributed by atoms with Crippen LogP contribution in [0.25, 0.3) is 11.2 Å². The van der Waals surface area contributed by atoms with Crippen molar-refractivity contribution >= 4 is 81.7 Å². The zero-order valence-electron chi connectivity index (χ0n) is 44.2. The maximum Gasteiger partial charge on any atom is 0.481 e. The first-order valence-corrected chi connectivity index (χ1v) is 30.5. The number of aromatic nitrogens is 4. The number of imidazole rings is 1. The molecular weight excluding hydrogens is 1160 g/mol. The van der Waals surface area contributed by atoms with Crippen molar-refractivity contribution in [2.24, 2.45) is 5.41 Å². The number of amides is 5. The lowest BCUT2D eigenvalue weighted by Gasteiger charge is -2.30. The van der Waals surface area contributed by atoms with Crippen molar-refractivity contribution in [2.75, 3.05) is 130 Å². The van der Waals surface area contributed by atoms with Crippen LogP contribution in [-0.2, 0) is 88.7 Å². The summed E-state index contributed by atoms with van der Waals surface area (Å²) in [5.41, 5.74) is 4.19. The molecule has 4 rings (SSSR count). The highest BCUT2D eigenvalue weighted by Gasteiger charge is 2.50. The molecule has 80 heavy (non-hydrogen) atoms. The van der Waals surface area contributed by atoms with Gasteiger partial charge in [-0.2, -0.15) is 4.31 Å². The van der Waals surface area contributed by atoms with Crippen molar-refractivity contribution in [3.05, 3.63) is 12.7 Å². The molecule has 0 aliphatic carbocycles. The molecule has 0 saturated carbocycles. The Morgan fingerprint density at radius 2 is 1.39 bits per heavy atom. The summed E-state index contributed by atoms with van der Waals surface area (Å²) in [7, 11) is -16.5. The van der Waals surface area contributed by atoms with E-state index in [1.807, 2.05) is 6.92 Å². The number of carbonyl (C=O) groups is 5. The molecule has 4 heterocycles. The third-order valence-electron chi connectivity index (χ3n) is 11.2. The summed E-state index contributed by atoms with van der Waals surface area (Å²) in [6.45, 7) is 7.17. The highest BCUT2D eigenvalue weighted by molar-refractivity contribution is 8.00. The fourth-order valence-corrected chi connectivity index (χ4v) is 11.0. The Hall–Kier alpha value is -3.74. The number of likely N-dealkylation sites (tertiary alicyclic amines) is 1. The molecule has 0 aromatic carbocycles. The SMILES string of the molecule is CCOCCOCCOCCOCCOCCOCCC(=O)NCCN1C(=O)CC(SCCNC(=O)CCNC(=O)[C@H](O)C(C)(C)COP(=O)(O)OP(=O)(O)OC[C@H]2O[C@@H](n3cnc4c(N)ncnc43)[C@@H](O)C2OP(=O)(O)O)C1=O. The fraction of sp³-hybridized carbons (Fsp3) is 0.762. The van der Waals surface area contributed by atoms with Gasteiger partial charge in [0.15, 0.2) is 17.7 Å². The molecule has 34 nitrogen and oxygen atoms in total. The molecule has 0 spiro atoms. The number of phosphoric acid groups is 3. The molecule has 2 aliphatic heterocycles. The molecule has 2 aromatic rings. The van der Waals surface area contributed by atoms with Crippen LogP contribution in [0.5, 0.6) is 0 Å². The molecule has 8 atom stereocenters. The van der Waals surface area contributed by atoms with E-state index in [1.165, 1.54) is 13.8 Å². The van der Waals surface area contributed by atoms with Crippen LogP contribution in [0.1, 0.15) is 46.3 Å². The zero-order valence-corrected chi connectivity index (χ0v) is 47.7. The number of fused-ring (bicyclic) bond motifs is 1. The van der Waals surface area contributed by atoms with Gasteiger partial charge in [-0.25, -0.2) is 28.6 Å². The van der Waals surface area contributed by atoms with Crippen LogP contribution in [0, 0.1) is 5.41 Å². The van der Waals surface area contributed by atoms with Gasteiger partial charge >= 0.3 is 23.5 Å². The van der Waals surface area contributed by atoms with Crippen LogP contribution in [-0.4, -0.2) is 238 Å². The topological polar surface area (TPSA) is 468 Å². The van der Waals surface area contributed by atoms with E-state index in [4.69, 9.17) is 47.9 Å². The number of ether oxygens (including phenoxy) is 7. The van der Waals surface area contributed by atoms with Gasteiger partial charge in [0.1, 0.15) is 36.3 Å². The predicted octanol–water partition coefficient (Wildman–Crippen LogP) is -2.11. The number of thioether (sulfide) groups is 1. The van der Waals surface area contributed by atoms with Gasteiger partial charge in [0, 0.05) is 63.2 Å². The zero-order chi connectivity index (χ0) is 58.9. The Morgan fingerprint density at radius 1 is 0.812 bits per heavy atom. The minimum atomic E-state index is -5.62. The molecule has 11 N–H and O–H groups in total.